The van der Waals surface area contributed by atoms with Crippen LogP contribution in [0.25, 0.3) is 0 Å². The molecule has 2 aromatic rings. The van der Waals surface area contributed by atoms with E-state index in [0.717, 1.165) is 43.4 Å². The van der Waals surface area contributed by atoms with Gasteiger partial charge in [0.2, 0.25) is 0 Å². The summed E-state index contributed by atoms with van der Waals surface area (Å²) in [5, 5.41) is 10.6. The topological polar surface area (TPSA) is 47.9 Å². The minimum Gasteiger partial charge on any atom is -0.491 e. The van der Waals surface area contributed by atoms with Crippen LogP contribution < -0.4 is 4.74 Å². The lowest BCUT2D eigenvalue weighted by Crippen LogP contribution is -2.27. The lowest BCUT2D eigenvalue weighted by Gasteiger charge is -2.25. The average molecular weight is 441 g/mol. The Bertz CT molecular complexity index is 898. The second-order valence-electron chi connectivity index (χ2n) is 9.73. The zero-order valence-electron chi connectivity index (χ0n) is 20.7. The normalized spacial score (nSPS) is 18.2. The van der Waals surface area contributed by atoms with Crippen molar-refractivity contribution in [1.82, 2.24) is 0 Å². The third-order valence-corrected chi connectivity index (χ3v) is 6.72. The van der Waals surface area contributed by atoms with Crippen molar-refractivity contribution in [2.45, 2.75) is 91.1 Å². The molecule has 0 radical (unpaired) electrons. The minimum absolute atomic E-state index is 0.0313. The Morgan fingerprint density at radius 3 is 2.25 bits per heavy atom. The number of aryl methyl sites for hydroxylation is 3. The first-order valence-electron chi connectivity index (χ1n) is 12.0. The van der Waals surface area contributed by atoms with Crippen LogP contribution in [-0.2, 0) is 22.3 Å². The van der Waals surface area contributed by atoms with Crippen molar-refractivity contribution < 1.29 is 19.3 Å². The summed E-state index contributed by atoms with van der Waals surface area (Å²) in [6.07, 6.45) is 4.21. The maximum absolute atomic E-state index is 10.6. The molecule has 1 N–H and O–H groups in total. The predicted molar refractivity (Wildman–Crippen MR) is 129 cm³/mol. The van der Waals surface area contributed by atoms with Gasteiger partial charge in [-0.2, -0.15) is 0 Å². The van der Waals surface area contributed by atoms with E-state index in [0.29, 0.717) is 13.2 Å². The molecule has 2 aromatic carbocycles. The average Bonchev–Trinajstić information content (AvgIpc) is 3.11. The van der Waals surface area contributed by atoms with Crippen LogP contribution in [0.4, 0.5) is 0 Å². The molecule has 1 aliphatic heterocycles. The van der Waals surface area contributed by atoms with Crippen LogP contribution in [0.2, 0.25) is 0 Å². The maximum atomic E-state index is 10.6. The summed E-state index contributed by atoms with van der Waals surface area (Å²) in [6, 6.07) is 13.1. The zero-order valence-corrected chi connectivity index (χ0v) is 20.7. The van der Waals surface area contributed by atoms with E-state index in [9.17, 15) is 5.11 Å². The van der Waals surface area contributed by atoms with Crippen LogP contribution in [0.1, 0.15) is 74.8 Å². The summed E-state index contributed by atoms with van der Waals surface area (Å²) >= 11 is 0. The molecule has 0 bridgehead atoms. The fraction of sp³-hybridized carbons (Fsp3) is 0.571. The Morgan fingerprint density at radius 1 is 1.03 bits per heavy atom. The standard InChI is InChI=1S/C28H40O4/c1-7-28(29,8-2)14-13-24-11-9-22(15-20(24)3)17-23-10-12-26(21(4)16-23)30-18-25-19-31-27(5,6)32-25/h9-12,15-16,25,29H,7-8,13-14,17-19H2,1-6H3. The molecule has 0 saturated carbocycles. The molecule has 1 atom stereocenters. The fourth-order valence-corrected chi connectivity index (χ4v) is 4.37. The number of benzene rings is 2. The first-order valence-corrected chi connectivity index (χ1v) is 12.0. The number of aliphatic hydroxyl groups is 1. The van der Waals surface area contributed by atoms with Crippen molar-refractivity contribution in [2.24, 2.45) is 0 Å². The summed E-state index contributed by atoms with van der Waals surface area (Å²) in [7, 11) is 0. The van der Waals surface area contributed by atoms with E-state index >= 15 is 0 Å². The van der Waals surface area contributed by atoms with Gasteiger partial charge in [-0.3, -0.25) is 0 Å². The maximum Gasteiger partial charge on any atom is 0.163 e. The van der Waals surface area contributed by atoms with Crippen molar-refractivity contribution in [2.75, 3.05) is 13.2 Å². The summed E-state index contributed by atoms with van der Waals surface area (Å²) in [5.41, 5.74) is 5.80. The molecule has 4 heteroatoms. The van der Waals surface area contributed by atoms with E-state index in [1.165, 1.54) is 22.3 Å². The van der Waals surface area contributed by atoms with E-state index in [-0.39, 0.29) is 6.10 Å². The Morgan fingerprint density at radius 2 is 1.69 bits per heavy atom. The van der Waals surface area contributed by atoms with Gasteiger partial charge < -0.3 is 19.3 Å². The lowest BCUT2D eigenvalue weighted by molar-refractivity contribution is -0.141. The molecule has 32 heavy (non-hydrogen) atoms. The Balaban J connectivity index is 1.57. The molecule has 0 amide bonds. The molecule has 3 rings (SSSR count). The van der Waals surface area contributed by atoms with Crippen LogP contribution >= 0.6 is 0 Å². The quantitative estimate of drug-likeness (QED) is 0.499. The molecule has 1 fully saturated rings. The minimum atomic E-state index is -0.542. The van der Waals surface area contributed by atoms with Gasteiger partial charge in [-0.1, -0.05) is 44.2 Å². The second kappa shape index (κ2) is 10.4. The monoisotopic (exact) mass is 440 g/mol. The largest absolute Gasteiger partial charge is 0.491 e. The first-order chi connectivity index (χ1) is 15.1. The molecule has 1 saturated heterocycles. The van der Waals surface area contributed by atoms with Gasteiger partial charge in [-0.25, -0.2) is 0 Å². The van der Waals surface area contributed by atoms with Gasteiger partial charge in [0.05, 0.1) is 12.2 Å². The molecule has 1 aliphatic rings. The number of hydrogen-bond acceptors (Lipinski definition) is 4. The highest BCUT2D eigenvalue weighted by Crippen LogP contribution is 2.26. The van der Waals surface area contributed by atoms with Gasteiger partial charge in [-0.15, -0.1) is 0 Å². The fourth-order valence-electron chi connectivity index (χ4n) is 4.37. The van der Waals surface area contributed by atoms with Crippen LogP contribution in [0.5, 0.6) is 5.75 Å². The van der Waals surface area contributed by atoms with Crippen LogP contribution in [0.3, 0.4) is 0 Å². The highest BCUT2D eigenvalue weighted by Gasteiger charge is 2.33. The van der Waals surface area contributed by atoms with Crippen LogP contribution in [0, 0.1) is 13.8 Å². The van der Waals surface area contributed by atoms with Crippen molar-refractivity contribution in [1.29, 1.82) is 0 Å². The molecule has 1 unspecified atom stereocenters. The Hall–Kier alpha value is -1.88. The molecule has 176 valence electrons. The van der Waals surface area contributed by atoms with Gasteiger partial charge in [0.15, 0.2) is 5.79 Å². The van der Waals surface area contributed by atoms with Gasteiger partial charge in [0, 0.05) is 0 Å². The Kier molecular flexibility index (Phi) is 8.02. The predicted octanol–water partition coefficient (Wildman–Crippen LogP) is 5.91. The van der Waals surface area contributed by atoms with E-state index in [2.05, 4.69) is 64.1 Å². The highest BCUT2D eigenvalue weighted by atomic mass is 16.7. The van der Waals surface area contributed by atoms with Crippen molar-refractivity contribution in [3.8, 4) is 5.75 Å². The molecule has 1 heterocycles. The van der Waals surface area contributed by atoms with Gasteiger partial charge >= 0.3 is 0 Å². The van der Waals surface area contributed by atoms with Gasteiger partial charge in [0.25, 0.3) is 0 Å². The van der Waals surface area contributed by atoms with Gasteiger partial charge in [0.1, 0.15) is 18.5 Å². The smallest absolute Gasteiger partial charge is 0.163 e. The van der Waals surface area contributed by atoms with E-state index in [1.807, 2.05) is 13.8 Å². The lowest BCUT2D eigenvalue weighted by atomic mass is 9.88. The van der Waals surface area contributed by atoms with E-state index in [1.54, 1.807) is 0 Å². The molecule has 0 aliphatic carbocycles. The molecular formula is C28H40O4. The SMILES string of the molecule is CCC(O)(CC)CCc1ccc(Cc2ccc(OCC3COC(C)(C)O3)c(C)c2)cc1C. The summed E-state index contributed by atoms with van der Waals surface area (Å²) in [5.74, 6) is 0.376. The van der Waals surface area contributed by atoms with Crippen molar-refractivity contribution in [3.63, 3.8) is 0 Å². The molecular weight excluding hydrogens is 400 g/mol. The van der Waals surface area contributed by atoms with E-state index < -0.39 is 11.4 Å². The third-order valence-electron chi connectivity index (χ3n) is 6.72. The zero-order chi connectivity index (χ0) is 23.4. The van der Waals surface area contributed by atoms with Crippen LogP contribution in [-0.4, -0.2) is 35.8 Å². The molecule has 0 spiro atoms. The highest BCUT2D eigenvalue weighted by molar-refractivity contribution is 5.40. The molecule has 0 aromatic heterocycles. The number of ether oxygens (including phenoxy) is 3. The molecule has 4 nitrogen and oxygen atoms in total. The summed E-state index contributed by atoms with van der Waals surface area (Å²) in [4.78, 5) is 0. The summed E-state index contributed by atoms with van der Waals surface area (Å²) in [6.45, 7) is 13.3. The van der Waals surface area contributed by atoms with Crippen molar-refractivity contribution >= 4 is 0 Å². The first kappa shape index (κ1) is 24.8. The number of rotatable bonds is 10. The third kappa shape index (κ3) is 6.57. The van der Waals surface area contributed by atoms with Crippen LogP contribution in [0.15, 0.2) is 36.4 Å². The Labute approximate surface area is 193 Å². The van der Waals surface area contributed by atoms with Gasteiger partial charge in [-0.05, 0) is 93.7 Å². The summed E-state index contributed by atoms with van der Waals surface area (Å²) < 4.78 is 17.4. The van der Waals surface area contributed by atoms with E-state index in [4.69, 9.17) is 14.2 Å². The second-order valence-corrected chi connectivity index (χ2v) is 9.73. The van der Waals surface area contributed by atoms with Crippen molar-refractivity contribution in [3.05, 3.63) is 64.2 Å². The number of hydrogen-bond donors (Lipinski definition) is 1.